The second kappa shape index (κ2) is 12.2. The molecule has 1 heterocycles. The zero-order valence-corrected chi connectivity index (χ0v) is 19.3. The zero-order valence-electron chi connectivity index (χ0n) is 17.0. The molecule has 1 aromatic rings. The Bertz CT molecular complexity index is 612. The molecular formula is C20H34IN5O. The Morgan fingerprint density at radius 2 is 1.93 bits per heavy atom. The van der Waals surface area contributed by atoms with E-state index in [4.69, 9.17) is 0 Å². The number of guanidine groups is 1. The van der Waals surface area contributed by atoms with E-state index in [9.17, 15) is 4.79 Å². The number of piperidine rings is 1. The van der Waals surface area contributed by atoms with Crippen molar-refractivity contribution in [3.8, 4) is 0 Å². The average molecular weight is 487 g/mol. The predicted octanol–water partition coefficient (Wildman–Crippen LogP) is 2.22. The molecule has 0 atom stereocenters. The first kappa shape index (κ1) is 23.7. The van der Waals surface area contributed by atoms with Gasteiger partial charge < -0.3 is 15.5 Å². The van der Waals surface area contributed by atoms with Crippen molar-refractivity contribution in [3.05, 3.63) is 35.4 Å². The number of rotatable bonds is 6. The number of amides is 1. The molecule has 6 nitrogen and oxygen atoms in total. The molecule has 0 aliphatic carbocycles. The van der Waals surface area contributed by atoms with Crippen molar-refractivity contribution >= 4 is 35.8 Å². The number of nitrogens with one attached hydrogen (secondary N) is 2. The van der Waals surface area contributed by atoms with Gasteiger partial charge in [0.15, 0.2) is 5.96 Å². The van der Waals surface area contributed by atoms with Crippen LogP contribution in [-0.4, -0.2) is 68.0 Å². The Kier molecular flexibility index (Phi) is 10.7. The summed E-state index contributed by atoms with van der Waals surface area (Å²) in [7, 11) is 3.50. The fraction of sp³-hybridized carbons (Fsp3) is 0.600. The van der Waals surface area contributed by atoms with Crippen LogP contribution in [0.3, 0.4) is 0 Å². The fourth-order valence-electron chi connectivity index (χ4n) is 3.07. The maximum atomic E-state index is 11.7. The number of aliphatic imine (C=N–C) groups is 1. The average Bonchev–Trinajstić information content (AvgIpc) is 2.63. The van der Waals surface area contributed by atoms with Crippen LogP contribution in [0.1, 0.15) is 30.9 Å². The molecule has 2 rings (SSSR count). The normalized spacial score (nSPS) is 15.8. The number of carbonyl (C=O) groups excluding carboxylic acids is 1. The minimum absolute atomic E-state index is 0. The Labute approximate surface area is 180 Å². The van der Waals surface area contributed by atoms with Gasteiger partial charge in [-0.15, -0.1) is 24.0 Å². The van der Waals surface area contributed by atoms with Gasteiger partial charge in [0, 0.05) is 46.3 Å². The van der Waals surface area contributed by atoms with Gasteiger partial charge in [0.25, 0.3) is 0 Å². The predicted molar refractivity (Wildman–Crippen MR) is 123 cm³/mol. The molecular weight excluding hydrogens is 453 g/mol. The summed E-state index contributed by atoms with van der Waals surface area (Å²) < 4.78 is 0. The number of halogens is 1. The number of aryl methyl sites for hydroxylation is 1. The van der Waals surface area contributed by atoms with E-state index in [1.54, 1.807) is 19.0 Å². The largest absolute Gasteiger partial charge is 0.357 e. The number of benzene rings is 1. The summed E-state index contributed by atoms with van der Waals surface area (Å²) >= 11 is 0. The topological polar surface area (TPSA) is 60.0 Å². The van der Waals surface area contributed by atoms with Crippen molar-refractivity contribution in [2.24, 2.45) is 4.99 Å². The van der Waals surface area contributed by atoms with Crippen LogP contribution in [0.5, 0.6) is 0 Å². The molecule has 0 spiro atoms. The summed E-state index contributed by atoms with van der Waals surface area (Å²) in [5.74, 6) is 0.746. The first-order chi connectivity index (χ1) is 12.5. The SMILES string of the molecule is CCNC(=NCC(=O)N(C)C)NC1CCN(Cc2ccccc2C)CC1.I. The van der Waals surface area contributed by atoms with Crippen LogP contribution in [0, 0.1) is 6.92 Å². The van der Waals surface area contributed by atoms with E-state index in [2.05, 4.69) is 51.7 Å². The monoisotopic (exact) mass is 487 g/mol. The maximum Gasteiger partial charge on any atom is 0.243 e. The zero-order chi connectivity index (χ0) is 18.9. The van der Waals surface area contributed by atoms with Crippen molar-refractivity contribution < 1.29 is 4.79 Å². The molecule has 27 heavy (non-hydrogen) atoms. The first-order valence-electron chi connectivity index (χ1n) is 9.51. The molecule has 2 N–H and O–H groups in total. The number of nitrogens with zero attached hydrogens (tertiary/aromatic N) is 3. The molecule has 0 saturated carbocycles. The summed E-state index contributed by atoms with van der Waals surface area (Å²) in [6.45, 7) is 8.34. The number of likely N-dealkylation sites (tertiary alicyclic amines) is 1. The van der Waals surface area contributed by atoms with Crippen LogP contribution in [0.25, 0.3) is 0 Å². The number of hydrogen-bond acceptors (Lipinski definition) is 3. The van der Waals surface area contributed by atoms with Gasteiger partial charge in [-0.2, -0.15) is 0 Å². The Morgan fingerprint density at radius 1 is 1.26 bits per heavy atom. The second-order valence-corrected chi connectivity index (χ2v) is 7.10. The second-order valence-electron chi connectivity index (χ2n) is 7.10. The lowest BCUT2D eigenvalue weighted by molar-refractivity contribution is -0.127. The standard InChI is InChI=1S/C20H33N5O.HI/c1-5-21-20(22-14-19(26)24(3)4)23-18-10-12-25(13-11-18)15-17-9-7-6-8-16(17)2;/h6-9,18H,5,10-15H2,1-4H3,(H2,21,22,23);1H. The van der Waals surface area contributed by atoms with Gasteiger partial charge in [0.2, 0.25) is 5.91 Å². The van der Waals surface area contributed by atoms with Gasteiger partial charge >= 0.3 is 0 Å². The lowest BCUT2D eigenvalue weighted by Gasteiger charge is -2.33. The van der Waals surface area contributed by atoms with Gasteiger partial charge in [-0.25, -0.2) is 4.99 Å². The fourth-order valence-corrected chi connectivity index (χ4v) is 3.07. The summed E-state index contributed by atoms with van der Waals surface area (Å²) in [5, 5.41) is 6.73. The van der Waals surface area contributed by atoms with Crippen LogP contribution >= 0.6 is 24.0 Å². The third kappa shape index (κ3) is 8.04. The molecule has 1 amide bonds. The molecule has 0 aromatic heterocycles. The highest BCUT2D eigenvalue weighted by Crippen LogP contribution is 2.16. The van der Waals surface area contributed by atoms with Gasteiger partial charge in [-0.05, 0) is 37.8 Å². The highest BCUT2D eigenvalue weighted by Gasteiger charge is 2.20. The number of likely N-dealkylation sites (N-methyl/N-ethyl adjacent to an activating group) is 1. The molecule has 0 unspecified atom stereocenters. The Balaban J connectivity index is 0.00000364. The van der Waals surface area contributed by atoms with Crippen molar-refractivity contribution in [3.63, 3.8) is 0 Å². The van der Waals surface area contributed by atoms with E-state index in [1.807, 2.05) is 6.92 Å². The Hall–Kier alpha value is -1.35. The minimum Gasteiger partial charge on any atom is -0.357 e. The van der Waals surface area contributed by atoms with Crippen molar-refractivity contribution in [2.45, 2.75) is 39.3 Å². The molecule has 1 saturated heterocycles. The molecule has 7 heteroatoms. The number of carbonyl (C=O) groups is 1. The quantitative estimate of drug-likeness (QED) is 0.367. The van der Waals surface area contributed by atoms with Crippen molar-refractivity contribution in [1.29, 1.82) is 0 Å². The van der Waals surface area contributed by atoms with Gasteiger partial charge in [-0.1, -0.05) is 24.3 Å². The molecule has 1 fully saturated rings. The minimum atomic E-state index is 0. The van der Waals surface area contributed by atoms with E-state index >= 15 is 0 Å². The van der Waals surface area contributed by atoms with E-state index in [1.165, 1.54) is 11.1 Å². The third-order valence-electron chi connectivity index (χ3n) is 4.80. The van der Waals surface area contributed by atoms with E-state index in [0.717, 1.165) is 45.0 Å². The highest BCUT2D eigenvalue weighted by atomic mass is 127. The molecule has 0 radical (unpaired) electrons. The third-order valence-corrected chi connectivity index (χ3v) is 4.80. The van der Waals surface area contributed by atoms with E-state index < -0.39 is 0 Å². The molecule has 1 aliphatic rings. The van der Waals surface area contributed by atoms with E-state index in [0.29, 0.717) is 6.04 Å². The molecule has 152 valence electrons. The van der Waals surface area contributed by atoms with Crippen molar-refractivity contribution in [1.82, 2.24) is 20.4 Å². The molecule has 1 aliphatic heterocycles. The first-order valence-corrected chi connectivity index (χ1v) is 9.51. The van der Waals surface area contributed by atoms with Crippen molar-refractivity contribution in [2.75, 3.05) is 40.3 Å². The number of hydrogen-bond donors (Lipinski definition) is 2. The van der Waals surface area contributed by atoms with Gasteiger partial charge in [0.05, 0.1) is 0 Å². The van der Waals surface area contributed by atoms with Crippen LogP contribution in [-0.2, 0) is 11.3 Å². The van der Waals surface area contributed by atoms with Crippen LogP contribution in [0.15, 0.2) is 29.3 Å². The summed E-state index contributed by atoms with van der Waals surface area (Å²) in [6.07, 6.45) is 2.16. The van der Waals surface area contributed by atoms with Gasteiger partial charge in [0.1, 0.15) is 6.54 Å². The van der Waals surface area contributed by atoms with Gasteiger partial charge in [-0.3, -0.25) is 9.69 Å². The van der Waals surface area contributed by atoms with Crippen LogP contribution in [0.2, 0.25) is 0 Å². The smallest absolute Gasteiger partial charge is 0.243 e. The summed E-state index contributed by atoms with van der Waals surface area (Å²) in [6, 6.07) is 9.01. The van der Waals surface area contributed by atoms with Crippen LogP contribution < -0.4 is 10.6 Å². The molecule has 0 bridgehead atoms. The summed E-state index contributed by atoms with van der Waals surface area (Å²) in [5.41, 5.74) is 2.77. The maximum absolute atomic E-state index is 11.7. The molecule has 1 aromatic carbocycles. The lowest BCUT2D eigenvalue weighted by atomic mass is 10.0. The Morgan fingerprint density at radius 3 is 2.52 bits per heavy atom. The summed E-state index contributed by atoms with van der Waals surface area (Å²) in [4.78, 5) is 20.2. The van der Waals surface area contributed by atoms with Crippen LogP contribution in [0.4, 0.5) is 0 Å². The van der Waals surface area contributed by atoms with E-state index in [-0.39, 0.29) is 36.4 Å². The highest BCUT2D eigenvalue weighted by molar-refractivity contribution is 14.0. The lowest BCUT2D eigenvalue weighted by Crippen LogP contribution is -2.48.